The van der Waals surface area contributed by atoms with Crippen molar-refractivity contribution in [3.63, 3.8) is 0 Å². The first-order valence-electron chi connectivity index (χ1n) is 4.93. The van der Waals surface area contributed by atoms with Crippen LogP contribution >= 0.6 is 12.1 Å². The van der Waals surface area contributed by atoms with Crippen LogP contribution in [0.2, 0.25) is 0 Å². The Morgan fingerprint density at radius 1 is 1.37 bits per heavy atom. The van der Waals surface area contributed by atoms with Gasteiger partial charge >= 0.3 is 17.8 Å². The zero-order chi connectivity index (χ0) is 13.8. The van der Waals surface area contributed by atoms with Crippen LogP contribution in [-0.4, -0.2) is 22.0 Å². The van der Waals surface area contributed by atoms with Gasteiger partial charge in [-0.2, -0.15) is 3.89 Å². The minimum atomic E-state index is -0.899. The fourth-order valence-electron chi connectivity index (χ4n) is 1.23. The Morgan fingerprint density at radius 2 is 2.16 bits per heavy atom. The van der Waals surface area contributed by atoms with Crippen LogP contribution in [-0.2, 0) is 0 Å². The highest BCUT2D eigenvalue weighted by molar-refractivity contribution is 7.94. The topological polar surface area (TPSA) is 111 Å². The third-order valence-electron chi connectivity index (χ3n) is 2.04. The van der Waals surface area contributed by atoms with E-state index in [-0.39, 0.29) is 28.6 Å². The first-order chi connectivity index (χ1) is 9.10. The van der Waals surface area contributed by atoms with Gasteiger partial charge in [-0.1, -0.05) is 11.2 Å². The third-order valence-corrected chi connectivity index (χ3v) is 2.47. The number of anilines is 1. The number of hydrogen-bond acceptors (Lipinski definition) is 6. The lowest BCUT2D eigenvalue weighted by Gasteiger charge is -2.01. The summed E-state index contributed by atoms with van der Waals surface area (Å²) in [5.41, 5.74) is 5.12. The maximum Gasteiger partial charge on any atom is 0.322 e. The van der Waals surface area contributed by atoms with Crippen LogP contribution in [0.3, 0.4) is 0 Å². The van der Waals surface area contributed by atoms with Crippen LogP contribution in [0.15, 0.2) is 33.6 Å². The highest BCUT2D eigenvalue weighted by atomic mass is 32.2. The molecule has 0 atom stereocenters. The van der Waals surface area contributed by atoms with Crippen molar-refractivity contribution in [1.29, 1.82) is 0 Å². The van der Waals surface area contributed by atoms with Gasteiger partial charge < -0.3 is 10.2 Å². The van der Waals surface area contributed by atoms with Gasteiger partial charge in [-0.15, -0.1) is 5.10 Å². The van der Waals surface area contributed by atoms with E-state index < -0.39 is 17.7 Å². The number of nitrogens with two attached hydrogens (primary N) is 1. The number of carbonyl (C=O) groups excluding carboxylic acids is 2. The summed E-state index contributed by atoms with van der Waals surface area (Å²) >= 11 is 0.0221. The second-order valence-corrected chi connectivity index (χ2v) is 3.96. The molecule has 1 aromatic heterocycles. The summed E-state index contributed by atoms with van der Waals surface area (Å²) in [5.74, 6) is -1.89. The summed E-state index contributed by atoms with van der Waals surface area (Å²) in [6, 6.07) is 5.61. The lowest BCUT2D eigenvalue weighted by Crippen LogP contribution is -2.12. The smallest absolute Gasteiger partial charge is 0.322 e. The van der Waals surface area contributed by atoms with Crippen LogP contribution in [0.4, 0.5) is 9.90 Å². The maximum absolute atomic E-state index is 12.4. The summed E-state index contributed by atoms with van der Waals surface area (Å²) < 4.78 is 17.2. The molecule has 1 aromatic carbocycles. The lowest BCUT2D eigenvalue weighted by atomic mass is 10.2. The summed E-state index contributed by atoms with van der Waals surface area (Å²) in [6.07, 6.45) is 0. The second-order valence-electron chi connectivity index (χ2n) is 3.34. The second kappa shape index (κ2) is 5.48. The van der Waals surface area contributed by atoms with Crippen molar-refractivity contribution in [2.45, 2.75) is 4.90 Å². The molecule has 3 N–H and O–H groups in total. The Labute approximate surface area is 110 Å². The number of hydrogen-bond donors (Lipinski definition) is 2. The molecule has 0 saturated carbocycles. The van der Waals surface area contributed by atoms with E-state index in [9.17, 15) is 13.5 Å². The zero-order valence-electron chi connectivity index (χ0n) is 9.29. The molecule has 19 heavy (non-hydrogen) atoms. The van der Waals surface area contributed by atoms with Crippen molar-refractivity contribution in [2.24, 2.45) is 5.73 Å². The predicted molar refractivity (Wildman–Crippen MR) is 64.2 cm³/mol. The molecular weight excluding hydrogens is 275 g/mol. The molecule has 2 aromatic rings. The van der Waals surface area contributed by atoms with Gasteiger partial charge in [0.15, 0.2) is 0 Å². The number of rotatable bonds is 4. The Morgan fingerprint density at radius 3 is 2.79 bits per heavy atom. The number of halogens is 1. The SMILES string of the molecule is NC(=O)c1nnc(NC(=O)c2cccc(SF)c2)o1. The molecule has 0 aliphatic rings. The molecule has 98 valence electrons. The number of nitrogens with zero attached hydrogens (tertiary/aromatic N) is 2. The average molecular weight is 282 g/mol. The van der Waals surface area contributed by atoms with Crippen LogP contribution in [0.25, 0.3) is 0 Å². The largest absolute Gasteiger partial charge is 0.399 e. The minimum absolute atomic E-state index is 0.0221. The number of nitrogens with one attached hydrogen (secondary N) is 1. The number of carbonyl (C=O) groups is 2. The Bertz CT molecular complexity index is 631. The first kappa shape index (κ1) is 13.0. The van der Waals surface area contributed by atoms with E-state index in [4.69, 9.17) is 10.2 Å². The summed E-state index contributed by atoms with van der Waals surface area (Å²) in [7, 11) is 0. The van der Waals surface area contributed by atoms with Crippen LogP contribution in [0, 0.1) is 0 Å². The van der Waals surface area contributed by atoms with Crippen molar-refractivity contribution in [3.8, 4) is 0 Å². The molecule has 7 nitrogen and oxygen atoms in total. The molecule has 0 spiro atoms. The molecule has 0 aliphatic heterocycles. The highest BCUT2D eigenvalue weighted by Gasteiger charge is 2.14. The molecule has 9 heteroatoms. The fourth-order valence-corrected chi connectivity index (χ4v) is 1.53. The van der Waals surface area contributed by atoms with Gasteiger partial charge in [0, 0.05) is 10.5 Å². The van der Waals surface area contributed by atoms with Crippen molar-refractivity contribution >= 4 is 30.0 Å². The van der Waals surface area contributed by atoms with E-state index in [0.29, 0.717) is 0 Å². The minimum Gasteiger partial charge on any atom is -0.399 e. The van der Waals surface area contributed by atoms with Crippen LogP contribution < -0.4 is 11.1 Å². The molecule has 1 heterocycles. The summed E-state index contributed by atoms with van der Waals surface area (Å²) in [4.78, 5) is 22.8. The molecule has 0 unspecified atom stereocenters. The molecule has 0 aliphatic carbocycles. The number of aromatic nitrogens is 2. The lowest BCUT2D eigenvalue weighted by molar-refractivity contribution is 0.0963. The van der Waals surface area contributed by atoms with E-state index in [2.05, 4.69) is 15.5 Å². The third kappa shape index (κ3) is 3.07. The van der Waals surface area contributed by atoms with Crippen LogP contribution in [0.5, 0.6) is 0 Å². The Kier molecular flexibility index (Phi) is 3.76. The van der Waals surface area contributed by atoms with Crippen molar-refractivity contribution in [1.82, 2.24) is 10.2 Å². The van der Waals surface area contributed by atoms with Crippen molar-refractivity contribution in [2.75, 3.05) is 5.32 Å². The zero-order valence-corrected chi connectivity index (χ0v) is 10.1. The van der Waals surface area contributed by atoms with Gasteiger partial charge in [0.05, 0.1) is 12.1 Å². The van der Waals surface area contributed by atoms with E-state index in [1.165, 1.54) is 24.3 Å². The average Bonchev–Trinajstić information content (AvgIpc) is 2.87. The molecule has 0 fully saturated rings. The van der Waals surface area contributed by atoms with E-state index >= 15 is 0 Å². The Balaban J connectivity index is 2.13. The van der Waals surface area contributed by atoms with Gasteiger partial charge in [-0.3, -0.25) is 14.9 Å². The molecule has 0 radical (unpaired) electrons. The molecule has 2 amide bonds. The van der Waals surface area contributed by atoms with Gasteiger partial charge in [0.25, 0.3) is 5.91 Å². The first-order valence-corrected chi connectivity index (χ1v) is 5.65. The number of primary amides is 1. The molecule has 2 rings (SSSR count). The Hall–Kier alpha value is -2.42. The fraction of sp³-hybridized carbons (Fsp3) is 0. The number of benzene rings is 1. The summed E-state index contributed by atoms with van der Waals surface area (Å²) in [6.45, 7) is 0. The molecule has 0 bridgehead atoms. The maximum atomic E-state index is 12.4. The van der Waals surface area contributed by atoms with Gasteiger partial charge in [0.2, 0.25) is 0 Å². The van der Waals surface area contributed by atoms with Crippen molar-refractivity contribution < 1.29 is 17.9 Å². The van der Waals surface area contributed by atoms with Crippen LogP contribution in [0.1, 0.15) is 21.0 Å². The van der Waals surface area contributed by atoms with E-state index in [1.54, 1.807) is 0 Å². The predicted octanol–water partition coefficient (Wildman–Crippen LogP) is 1.40. The van der Waals surface area contributed by atoms with Gasteiger partial charge in [-0.05, 0) is 18.2 Å². The van der Waals surface area contributed by atoms with Crippen molar-refractivity contribution in [3.05, 3.63) is 35.7 Å². The normalized spacial score (nSPS) is 10.2. The van der Waals surface area contributed by atoms with Gasteiger partial charge in [0.1, 0.15) is 0 Å². The number of amides is 2. The van der Waals surface area contributed by atoms with E-state index in [0.717, 1.165) is 0 Å². The van der Waals surface area contributed by atoms with Gasteiger partial charge in [-0.25, -0.2) is 0 Å². The summed E-state index contributed by atoms with van der Waals surface area (Å²) in [5, 5.41) is 9.01. The quantitative estimate of drug-likeness (QED) is 0.876. The van der Waals surface area contributed by atoms with E-state index in [1.807, 2.05) is 0 Å². The monoisotopic (exact) mass is 282 g/mol. The highest BCUT2D eigenvalue weighted by Crippen LogP contribution is 2.20. The standard InChI is InChI=1S/C10H7FN4O3S/c11-19-6-3-1-2-5(4-6)8(17)13-10-15-14-9(18-10)7(12)16/h1-4H,(H2,12,16)(H,13,15,17). The molecular formula is C10H7FN4O3S. The molecule has 0 saturated heterocycles.